The Hall–Kier alpha value is -7.51. The lowest BCUT2D eigenvalue weighted by Crippen LogP contribution is -2.04. The van der Waals surface area contributed by atoms with Crippen LogP contribution in [0.25, 0.3) is 118 Å². The fraction of sp³-hybridized carbons (Fsp3) is 0.0517. The molecule has 300 valence electrons. The summed E-state index contributed by atoms with van der Waals surface area (Å²) >= 11 is 3.58. The average molecular weight is 854 g/mol. The molecule has 0 saturated heterocycles. The lowest BCUT2D eigenvalue weighted by Gasteiger charge is -2.20. The Morgan fingerprint density at radius 3 is 1.67 bits per heavy atom. The minimum atomic E-state index is 0.130. The van der Waals surface area contributed by atoms with Crippen LogP contribution in [0.1, 0.15) is 29.0 Å². The Labute approximate surface area is 375 Å². The summed E-state index contributed by atoms with van der Waals surface area (Å²) in [5.74, 6) is 2.01. The van der Waals surface area contributed by atoms with Crippen LogP contribution < -0.4 is 0 Å². The predicted molar refractivity (Wildman–Crippen MR) is 269 cm³/mol. The van der Waals surface area contributed by atoms with Gasteiger partial charge in [-0.15, -0.1) is 22.7 Å². The highest BCUT2D eigenvalue weighted by atomic mass is 32.1. The standard InChI is InChI=1S/C58H35N3OS2/c1-2-14-34-32-48-35(31-33(34)13-1)27-28-38(36-15-3-4-16-37(36)48)41-29-30-45(53-52(41)44-19-5-8-24-49(44)62-53)56-59-57(46-22-11-20-42-39-17-6-9-25-50(39)63-54(42)46)61-58(60-56)47-23-12-21-43-40-18-7-10-26-51(40)64-55(43)47/h1-26,29-32,38H,27-28H2. The minimum absolute atomic E-state index is 0.130. The highest BCUT2D eigenvalue weighted by Crippen LogP contribution is 2.48. The van der Waals surface area contributed by atoms with Crippen LogP contribution in [0.3, 0.4) is 0 Å². The highest BCUT2D eigenvalue weighted by Gasteiger charge is 2.29. The van der Waals surface area contributed by atoms with E-state index in [-0.39, 0.29) is 5.92 Å². The Bertz CT molecular complexity index is 3930. The zero-order valence-electron chi connectivity index (χ0n) is 34.4. The number of aromatic nitrogens is 3. The van der Waals surface area contributed by atoms with Crippen molar-refractivity contribution in [1.82, 2.24) is 15.0 Å². The van der Waals surface area contributed by atoms with Gasteiger partial charge in [0.1, 0.15) is 11.2 Å². The zero-order valence-corrected chi connectivity index (χ0v) is 36.0. The van der Waals surface area contributed by atoms with Gasteiger partial charge in [-0.1, -0.05) is 140 Å². The third kappa shape index (κ3) is 5.43. The zero-order chi connectivity index (χ0) is 41.9. The molecule has 4 heterocycles. The van der Waals surface area contributed by atoms with E-state index >= 15 is 0 Å². The summed E-state index contributed by atoms with van der Waals surface area (Å²) < 4.78 is 11.8. The van der Waals surface area contributed by atoms with Crippen molar-refractivity contribution in [3.63, 3.8) is 0 Å². The number of aryl methyl sites for hydroxylation is 1. The van der Waals surface area contributed by atoms with Crippen molar-refractivity contribution in [2.45, 2.75) is 18.8 Å². The molecule has 1 atom stereocenters. The van der Waals surface area contributed by atoms with Crippen molar-refractivity contribution in [3.05, 3.63) is 199 Å². The summed E-state index contributed by atoms with van der Waals surface area (Å²) in [5.41, 5.74) is 11.1. The van der Waals surface area contributed by atoms with Gasteiger partial charge in [-0.3, -0.25) is 0 Å². The number of para-hydroxylation sites is 1. The van der Waals surface area contributed by atoms with Gasteiger partial charge in [-0.25, -0.2) is 15.0 Å². The fourth-order valence-electron chi connectivity index (χ4n) is 10.5. The third-order valence-electron chi connectivity index (χ3n) is 13.4. The molecular weight excluding hydrogens is 819 g/mol. The molecular formula is C58H35N3OS2. The number of hydrogen-bond acceptors (Lipinski definition) is 6. The van der Waals surface area contributed by atoms with E-state index in [0.717, 1.165) is 60.9 Å². The van der Waals surface area contributed by atoms with Crippen LogP contribution in [0.15, 0.2) is 186 Å². The first-order valence-electron chi connectivity index (χ1n) is 21.8. The first kappa shape index (κ1) is 36.0. The summed E-state index contributed by atoms with van der Waals surface area (Å²) in [6.07, 6.45) is 1.93. The predicted octanol–water partition coefficient (Wildman–Crippen LogP) is 16.4. The second kappa shape index (κ2) is 14.0. The number of furan rings is 1. The van der Waals surface area contributed by atoms with Crippen LogP contribution in [0.2, 0.25) is 0 Å². The van der Waals surface area contributed by atoms with E-state index in [2.05, 4.69) is 182 Å². The molecule has 9 aromatic carbocycles. The van der Waals surface area contributed by atoms with Gasteiger partial charge < -0.3 is 4.42 Å². The molecule has 13 aromatic rings. The van der Waals surface area contributed by atoms with Crippen molar-refractivity contribution in [1.29, 1.82) is 0 Å². The van der Waals surface area contributed by atoms with Crippen LogP contribution in [-0.4, -0.2) is 15.0 Å². The van der Waals surface area contributed by atoms with Crippen LogP contribution in [0, 0.1) is 0 Å². The number of nitrogens with zero attached hydrogens (tertiary/aromatic N) is 3. The van der Waals surface area contributed by atoms with Crippen LogP contribution >= 0.6 is 22.7 Å². The van der Waals surface area contributed by atoms with E-state index in [1.807, 2.05) is 0 Å². The smallest absolute Gasteiger partial charge is 0.167 e. The maximum Gasteiger partial charge on any atom is 0.167 e. The minimum Gasteiger partial charge on any atom is -0.455 e. The van der Waals surface area contributed by atoms with Gasteiger partial charge in [-0.2, -0.15) is 0 Å². The van der Waals surface area contributed by atoms with Gasteiger partial charge in [-0.05, 0) is 93.9 Å². The van der Waals surface area contributed by atoms with Gasteiger partial charge in [0, 0.05) is 68.2 Å². The van der Waals surface area contributed by atoms with Gasteiger partial charge in [0.05, 0.1) is 5.56 Å². The maximum absolute atomic E-state index is 7.02. The average Bonchev–Trinajstić information content (AvgIpc) is 4.03. The van der Waals surface area contributed by atoms with E-state index in [1.54, 1.807) is 22.7 Å². The topological polar surface area (TPSA) is 51.8 Å². The fourth-order valence-corrected chi connectivity index (χ4v) is 12.9. The number of benzene rings is 9. The molecule has 0 saturated carbocycles. The molecule has 6 heteroatoms. The van der Waals surface area contributed by atoms with E-state index < -0.39 is 0 Å². The number of fused-ring (bicyclic) bond motifs is 13. The quantitative estimate of drug-likeness (QED) is 0.177. The highest BCUT2D eigenvalue weighted by molar-refractivity contribution is 7.26. The van der Waals surface area contributed by atoms with E-state index in [9.17, 15) is 0 Å². The van der Waals surface area contributed by atoms with Crippen molar-refractivity contribution >= 4 is 95.7 Å². The molecule has 1 aliphatic carbocycles. The maximum atomic E-state index is 7.02. The lowest BCUT2D eigenvalue weighted by molar-refractivity contribution is 0.668. The molecule has 0 N–H and O–H groups in total. The van der Waals surface area contributed by atoms with E-state index in [4.69, 9.17) is 19.4 Å². The van der Waals surface area contributed by atoms with E-state index in [0.29, 0.717) is 17.5 Å². The van der Waals surface area contributed by atoms with Crippen molar-refractivity contribution in [2.75, 3.05) is 0 Å². The van der Waals surface area contributed by atoms with Gasteiger partial charge in [0.25, 0.3) is 0 Å². The molecule has 14 rings (SSSR count). The van der Waals surface area contributed by atoms with E-state index in [1.165, 1.54) is 69.5 Å². The van der Waals surface area contributed by atoms with Crippen LogP contribution in [0.5, 0.6) is 0 Å². The first-order valence-corrected chi connectivity index (χ1v) is 23.5. The Morgan fingerprint density at radius 1 is 0.422 bits per heavy atom. The monoisotopic (exact) mass is 853 g/mol. The summed E-state index contributed by atoms with van der Waals surface area (Å²) in [7, 11) is 0. The second-order valence-electron chi connectivity index (χ2n) is 16.9. The molecule has 0 fully saturated rings. The van der Waals surface area contributed by atoms with Crippen molar-refractivity contribution in [2.24, 2.45) is 0 Å². The lowest BCUT2D eigenvalue weighted by atomic mass is 9.83. The Morgan fingerprint density at radius 2 is 0.969 bits per heavy atom. The molecule has 0 spiro atoms. The molecule has 64 heavy (non-hydrogen) atoms. The molecule has 0 amide bonds. The molecule has 4 aromatic heterocycles. The van der Waals surface area contributed by atoms with Gasteiger partial charge in [0.15, 0.2) is 17.5 Å². The molecule has 4 nitrogen and oxygen atoms in total. The first-order chi connectivity index (χ1) is 31.7. The number of hydrogen-bond donors (Lipinski definition) is 0. The SMILES string of the molecule is c1ccc2c(c1)-c1cc3ccccc3cc1CCC2c1ccc(-c2nc(-c3cccc4c3sc3ccccc34)nc(-c3cccc4c3sc3ccccc34)n2)c2oc3ccccc3c12. The van der Waals surface area contributed by atoms with Crippen molar-refractivity contribution < 1.29 is 4.42 Å². The molecule has 0 radical (unpaired) electrons. The molecule has 1 aliphatic rings. The number of rotatable bonds is 4. The van der Waals surface area contributed by atoms with Crippen LogP contribution in [0.4, 0.5) is 0 Å². The van der Waals surface area contributed by atoms with Gasteiger partial charge in [0.2, 0.25) is 0 Å². The second-order valence-corrected chi connectivity index (χ2v) is 19.0. The molecule has 0 bridgehead atoms. The van der Waals surface area contributed by atoms with Crippen molar-refractivity contribution in [3.8, 4) is 45.3 Å². The summed E-state index contributed by atoms with van der Waals surface area (Å²) in [5, 5.41) is 9.66. The summed E-state index contributed by atoms with van der Waals surface area (Å²) in [6.45, 7) is 0. The third-order valence-corrected chi connectivity index (χ3v) is 15.8. The Kier molecular flexibility index (Phi) is 7.88. The largest absolute Gasteiger partial charge is 0.455 e. The Balaban J connectivity index is 1.01. The summed E-state index contributed by atoms with van der Waals surface area (Å²) in [6, 6.07) is 65.8. The number of thiophene rings is 2. The molecule has 1 unspecified atom stereocenters. The summed E-state index contributed by atoms with van der Waals surface area (Å²) in [4.78, 5) is 16.3. The van der Waals surface area contributed by atoms with Crippen LogP contribution in [-0.2, 0) is 6.42 Å². The molecule has 0 aliphatic heterocycles. The normalized spacial score (nSPS) is 14.0. The van der Waals surface area contributed by atoms with Gasteiger partial charge >= 0.3 is 0 Å².